The van der Waals surface area contributed by atoms with Crippen molar-refractivity contribution in [1.82, 2.24) is 20.4 Å². The van der Waals surface area contributed by atoms with E-state index in [1.165, 1.54) is 32.1 Å². The van der Waals surface area contributed by atoms with Crippen molar-refractivity contribution >= 4 is 5.91 Å². The van der Waals surface area contributed by atoms with E-state index in [4.69, 9.17) is 4.74 Å². The van der Waals surface area contributed by atoms with Gasteiger partial charge in [0.25, 0.3) is 5.91 Å². The lowest BCUT2D eigenvalue weighted by atomic mass is 9.85. The third-order valence-electron chi connectivity index (χ3n) is 5.90. The average Bonchev–Trinajstić information content (AvgIpc) is 3.36. The van der Waals surface area contributed by atoms with Crippen LogP contribution in [0.25, 0.3) is 0 Å². The Morgan fingerprint density at radius 3 is 2.75 bits per heavy atom. The molecule has 1 amide bonds. The summed E-state index contributed by atoms with van der Waals surface area (Å²) in [6.07, 6.45) is 10.3. The number of nitrogens with one attached hydrogen (secondary N) is 2. The highest BCUT2D eigenvalue weighted by Gasteiger charge is 2.36. The van der Waals surface area contributed by atoms with Crippen LogP contribution in [0.1, 0.15) is 66.9 Å². The second kappa shape index (κ2) is 7.23. The van der Waals surface area contributed by atoms with Gasteiger partial charge in [0.2, 0.25) is 0 Å². The lowest BCUT2D eigenvalue weighted by molar-refractivity contribution is 0.0915. The highest BCUT2D eigenvalue weighted by molar-refractivity contribution is 5.95. The van der Waals surface area contributed by atoms with Gasteiger partial charge in [-0.1, -0.05) is 19.3 Å². The number of H-pyrrole nitrogens is 1. The van der Waals surface area contributed by atoms with E-state index in [1.807, 2.05) is 0 Å². The normalized spacial score (nSPS) is 29.2. The maximum absolute atomic E-state index is 12.8. The van der Waals surface area contributed by atoms with E-state index in [1.54, 1.807) is 6.20 Å². The number of aromatic nitrogens is 2. The summed E-state index contributed by atoms with van der Waals surface area (Å²) in [5.41, 5.74) is 1.76. The number of aromatic amines is 1. The van der Waals surface area contributed by atoms with Gasteiger partial charge in [0.15, 0.2) is 0 Å². The van der Waals surface area contributed by atoms with Gasteiger partial charge in [-0.25, -0.2) is 0 Å². The van der Waals surface area contributed by atoms with Crippen LogP contribution in [-0.2, 0) is 4.74 Å². The van der Waals surface area contributed by atoms with Crippen molar-refractivity contribution in [3.63, 3.8) is 0 Å². The number of carbonyl (C=O) groups is 1. The van der Waals surface area contributed by atoms with E-state index in [2.05, 4.69) is 20.4 Å². The predicted octanol–water partition coefficient (Wildman–Crippen LogP) is 2.05. The van der Waals surface area contributed by atoms with E-state index in [-0.39, 0.29) is 11.9 Å². The van der Waals surface area contributed by atoms with Crippen molar-refractivity contribution in [2.75, 3.05) is 26.3 Å². The van der Waals surface area contributed by atoms with Crippen LogP contribution >= 0.6 is 0 Å². The molecule has 1 aliphatic carbocycles. The number of hydrogen-bond acceptors (Lipinski definition) is 4. The molecule has 0 radical (unpaired) electrons. The standard InChI is InChI=1S/C18H28N4O2/c23-18(14-10-19-21-17(14)13-6-2-1-3-7-13)20-15-11-24-12-16(15)22-8-4-5-9-22/h10,13,15-16H,1-9,11-12H2,(H,19,21)(H,20,23)/t15-,16-/m1/s1. The minimum atomic E-state index is 0.00372. The molecule has 3 heterocycles. The maximum Gasteiger partial charge on any atom is 0.255 e. The molecule has 6 heteroatoms. The second-order valence-corrected chi connectivity index (χ2v) is 7.46. The number of carbonyl (C=O) groups excluding carboxylic acids is 1. The lowest BCUT2D eigenvalue weighted by Gasteiger charge is -2.28. The number of nitrogens with zero attached hydrogens (tertiary/aromatic N) is 2. The molecule has 6 nitrogen and oxygen atoms in total. The Bertz CT molecular complexity index is 561. The van der Waals surface area contributed by atoms with Crippen LogP contribution in [0.5, 0.6) is 0 Å². The van der Waals surface area contributed by atoms with Crippen LogP contribution in [-0.4, -0.2) is 59.4 Å². The highest BCUT2D eigenvalue weighted by atomic mass is 16.5. The first-order valence-corrected chi connectivity index (χ1v) is 9.49. The van der Waals surface area contributed by atoms with Crippen molar-refractivity contribution < 1.29 is 9.53 Å². The molecule has 24 heavy (non-hydrogen) atoms. The maximum atomic E-state index is 12.8. The molecule has 4 rings (SSSR count). The van der Waals surface area contributed by atoms with Crippen LogP contribution in [0.4, 0.5) is 0 Å². The molecule has 0 bridgehead atoms. The van der Waals surface area contributed by atoms with E-state index >= 15 is 0 Å². The van der Waals surface area contributed by atoms with Crippen molar-refractivity contribution in [2.24, 2.45) is 0 Å². The number of likely N-dealkylation sites (tertiary alicyclic amines) is 1. The smallest absolute Gasteiger partial charge is 0.255 e. The minimum absolute atomic E-state index is 0.00372. The van der Waals surface area contributed by atoms with Crippen LogP contribution in [0.3, 0.4) is 0 Å². The predicted molar refractivity (Wildman–Crippen MR) is 91.1 cm³/mol. The number of rotatable bonds is 4. The van der Waals surface area contributed by atoms with E-state index in [9.17, 15) is 4.79 Å². The Hall–Kier alpha value is -1.40. The summed E-state index contributed by atoms with van der Waals surface area (Å²) in [4.78, 5) is 15.3. The molecular formula is C18H28N4O2. The Kier molecular flexibility index (Phi) is 4.85. The summed E-state index contributed by atoms with van der Waals surface area (Å²) >= 11 is 0. The molecule has 1 saturated carbocycles. The summed E-state index contributed by atoms with van der Waals surface area (Å²) in [5, 5.41) is 10.5. The summed E-state index contributed by atoms with van der Waals surface area (Å²) in [6, 6.07) is 0.409. The molecule has 132 valence electrons. The molecule has 2 aliphatic heterocycles. The van der Waals surface area contributed by atoms with Gasteiger partial charge in [-0.15, -0.1) is 0 Å². The molecular weight excluding hydrogens is 304 g/mol. The molecule has 1 aromatic heterocycles. The van der Waals surface area contributed by atoms with Crippen LogP contribution in [0.15, 0.2) is 6.20 Å². The van der Waals surface area contributed by atoms with E-state index < -0.39 is 0 Å². The first-order valence-electron chi connectivity index (χ1n) is 9.49. The molecule has 2 atom stereocenters. The molecule has 0 aromatic carbocycles. The summed E-state index contributed by atoms with van der Waals surface area (Å²) in [7, 11) is 0. The van der Waals surface area contributed by atoms with Gasteiger partial charge >= 0.3 is 0 Å². The minimum Gasteiger partial charge on any atom is -0.378 e. The van der Waals surface area contributed by atoms with E-state index in [0.717, 1.165) is 43.8 Å². The number of ether oxygens (including phenoxy) is 1. The third kappa shape index (κ3) is 3.22. The van der Waals surface area contributed by atoms with Crippen molar-refractivity contribution in [3.05, 3.63) is 17.5 Å². The fourth-order valence-corrected chi connectivity index (χ4v) is 4.54. The molecule has 1 aromatic rings. The van der Waals surface area contributed by atoms with Gasteiger partial charge in [0, 0.05) is 5.92 Å². The lowest BCUT2D eigenvalue weighted by Crippen LogP contribution is -2.50. The SMILES string of the molecule is O=C(N[C@@H]1COC[C@H]1N1CCCC1)c1cn[nH]c1C1CCCCC1. The van der Waals surface area contributed by atoms with Crippen molar-refractivity contribution in [1.29, 1.82) is 0 Å². The largest absolute Gasteiger partial charge is 0.378 e. The number of amides is 1. The quantitative estimate of drug-likeness (QED) is 0.885. The van der Waals surface area contributed by atoms with Crippen molar-refractivity contribution in [3.8, 4) is 0 Å². The van der Waals surface area contributed by atoms with E-state index in [0.29, 0.717) is 18.6 Å². The first kappa shape index (κ1) is 16.1. The molecule has 2 N–H and O–H groups in total. The monoisotopic (exact) mass is 332 g/mol. The van der Waals surface area contributed by atoms with Crippen LogP contribution < -0.4 is 5.32 Å². The Balaban J connectivity index is 1.43. The topological polar surface area (TPSA) is 70.2 Å². The zero-order chi connectivity index (χ0) is 16.4. The molecule has 3 aliphatic rings. The molecule has 3 fully saturated rings. The van der Waals surface area contributed by atoms with Crippen LogP contribution in [0, 0.1) is 0 Å². The third-order valence-corrected chi connectivity index (χ3v) is 5.90. The Morgan fingerprint density at radius 2 is 1.96 bits per heavy atom. The van der Waals surface area contributed by atoms with Gasteiger partial charge in [-0.3, -0.25) is 14.8 Å². The first-order chi connectivity index (χ1) is 11.8. The summed E-state index contributed by atoms with van der Waals surface area (Å²) < 4.78 is 5.67. The highest BCUT2D eigenvalue weighted by Crippen LogP contribution is 2.33. The Labute approximate surface area is 143 Å². The fourth-order valence-electron chi connectivity index (χ4n) is 4.54. The molecule has 2 saturated heterocycles. The molecule has 0 spiro atoms. The summed E-state index contributed by atoms with van der Waals surface area (Å²) in [5.74, 6) is 0.459. The average molecular weight is 332 g/mol. The Morgan fingerprint density at radius 1 is 1.17 bits per heavy atom. The van der Waals surface area contributed by atoms with Gasteiger partial charge in [0.05, 0.1) is 42.8 Å². The van der Waals surface area contributed by atoms with Gasteiger partial charge in [-0.2, -0.15) is 5.10 Å². The second-order valence-electron chi connectivity index (χ2n) is 7.46. The van der Waals surface area contributed by atoms with Gasteiger partial charge in [-0.05, 0) is 38.8 Å². The van der Waals surface area contributed by atoms with Crippen molar-refractivity contribution in [2.45, 2.75) is 62.9 Å². The zero-order valence-corrected chi connectivity index (χ0v) is 14.3. The fraction of sp³-hybridized carbons (Fsp3) is 0.778. The molecule has 0 unspecified atom stereocenters. The zero-order valence-electron chi connectivity index (χ0n) is 14.3. The van der Waals surface area contributed by atoms with Crippen LogP contribution in [0.2, 0.25) is 0 Å². The van der Waals surface area contributed by atoms with Gasteiger partial charge in [0.1, 0.15) is 0 Å². The number of hydrogen-bond donors (Lipinski definition) is 2. The summed E-state index contributed by atoms with van der Waals surface area (Å²) in [6.45, 7) is 3.59. The van der Waals surface area contributed by atoms with Gasteiger partial charge < -0.3 is 10.1 Å².